The maximum Gasteiger partial charge on any atom is 0.333 e. The number of rotatable bonds is 4. The molecule has 1 unspecified atom stereocenters. The second-order valence-corrected chi connectivity index (χ2v) is 3.33. The minimum Gasteiger partial charge on any atom is -0.479 e. The first-order valence-electron chi connectivity index (χ1n) is 4.13. The van der Waals surface area contributed by atoms with Gasteiger partial charge in [0.2, 0.25) is 0 Å². The first kappa shape index (κ1) is 11.0. The molecule has 1 aromatic rings. The molecule has 14 heavy (non-hydrogen) atoms. The highest BCUT2D eigenvalue weighted by Crippen LogP contribution is 2.13. The third-order valence-electron chi connectivity index (χ3n) is 1.87. The average molecular weight is 215 g/mol. The van der Waals surface area contributed by atoms with Crippen molar-refractivity contribution in [3.05, 3.63) is 34.9 Å². The summed E-state index contributed by atoms with van der Waals surface area (Å²) in [5, 5.41) is 9.35. The fourth-order valence-electron chi connectivity index (χ4n) is 1.15. The van der Waals surface area contributed by atoms with E-state index in [2.05, 4.69) is 0 Å². The molecule has 0 heterocycles. The van der Waals surface area contributed by atoms with Gasteiger partial charge in [0.25, 0.3) is 0 Å². The van der Waals surface area contributed by atoms with Crippen LogP contribution in [0.25, 0.3) is 0 Å². The van der Waals surface area contributed by atoms with Gasteiger partial charge in [-0.1, -0.05) is 23.7 Å². The molecule has 0 bridgehead atoms. The summed E-state index contributed by atoms with van der Waals surface area (Å²) in [6.07, 6.45) is -0.486. The van der Waals surface area contributed by atoms with E-state index >= 15 is 0 Å². The van der Waals surface area contributed by atoms with Crippen LogP contribution in [-0.2, 0) is 16.0 Å². The molecule has 76 valence electrons. The van der Waals surface area contributed by atoms with Crippen LogP contribution < -0.4 is 0 Å². The van der Waals surface area contributed by atoms with E-state index in [4.69, 9.17) is 21.4 Å². The smallest absolute Gasteiger partial charge is 0.333 e. The molecule has 0 amide bonds. The molecule has 0 aliphatic heterocycles. The highest BCUT2D eigenvalue weighted by molar-refractivity contribution is 6.30. The Kier molecular flexibility index (Phi) is 3.92. The SMILES string of the molecule is COC(Cc1cccc(Cl)c1)C(=O)O. The number of methoxy groups -OCH3 is 1. The number of ether oxygens (including phenoxy) is 1. The number of hydrogen-bond donors (Lipinski definition) is 1. The van der Waals surface area contributed by atoms with Gasteiger partial charge in [-0.25, -0.2) is 4.79 Å². The van der Waals surface area contributed by atoms with Crippen LogP contribution in [0.1, 0.15) is 5.56 Å². The molecule has 0 radical (unpaired) electrons. The first-order valence-corrected chi connectivity index (χ1v) is 4.51. The first-order chi connectivity index (χ1) is 6.63. The molecular weight excluding hydrogens is 204 g/mol. The maximum atomic E-state index is 10.7. The lowest BCUT2D eigenvalue weighted by Gasteiger charge is -2.10. The normalized spacial score (nSPS) is 12.4. The molecule has 1 atom stereocenters. The lowest BCUT2D eigenvalue weighted by molar-refractivity contribution is -0.148. The van der Waals surface area contributed by atoms with Crippen molar-refractivity contribution in [2.45, 2.75) is 12.5 Å². The Bertz CT molecular complexity index is 325. The predicted molar refractivity (Wildman–Crippen MR) is 53.6 cm³/mol. The van der Waals surface area contributed by atoms with E-state index in [9.17, 15) is 4.79 Å². The van der Waals surface area contributed by atoms with Crippen LogP contribution in [0.2, 0.25) is 5.02 Å². The maximum absolute atomic E-state index is 10.7. The topological polar surface area (TPSA) is 46.5 Å². The van der Waals surface area contributed by atoms with Crippen LogP contribution >= 0.6 is 11.6 Å². The molecule has 0 fully saturated rings. The largest absolute Gasteiger partial charge is 0.479 e. The van der Waals surface area contributed by atoms with Gasteiger partial charge in [-0.3, -0.25) is 0 Å². The summed E-state index contributed by atoms with van der Waals surface area (Å²) in [6, 6.07) is 7.08. The van der Waals surface area contributed by atoms with Crippen molar-refractivity contribution in [3.8, 4) is 0 Å². The van der Waals surface area contributed by atoms with Crippen LogP contribution in [0.5, 0.6) is 0 Å². The van der Waals surface area contributed by atoms with Crippen LogP contribution in [-0.4, -0.2) is 24.3 Å². The molecule has 0 aromatic heterocycles. The Balaban J connectivity index is 2.72. The second-order valence-electron chi connectivity index (χ2n) is 2.90. The van der Waals surface area contributed by atoms with Gasteiger partial charge in [-0.15, -0.1) is 0 Å². The van der Waals surface area contributed by atoms with Gasteiger partial charge in [-0.05, 0) is 17.7 Å². The molecule has 0 aliphatic carbocycles. The van der Waals surface area contributed by atoms with Gasteiger partial charge >= 0.3 is 5.97 Å². The summed E-state index contributed by atoms with van der Waals surface area (Å²) in [5.41, 5.74) is 0.853. The molecule has 1 rings (SSSR count). The van der Waals surface area contributed by atoms with E-state index in [0.717, 1.165) is 5.56 Å². The highest BCUT2D eigenvalue weighted by atomic mass is 35.5. The van der Waals surface area contributed by atoms with E-state index in [0.29, 0.717) is 11.4 Å². The Hall–Kier alpha value is -1.06. The van der Waals surface area contributed by atoms with Gasteiger partial charge in [0.05, 0.1) is 0 Å². The van der Waals surface area contributed by atoms with Gasteiger partial charge in [0.15, 0.2) is 6.10 Å². The van der Waals surface area contributed by atoms with Crippen molar-refractivity contribution in [1.29, 1.82) is 0 Å². The number of benzene rings is 1. The summed E-state index contributed by atoms with van der Waals surface area (Å²) in [7, 11) is 1.38. The van der Waals surface area contributed by atoms with Crippen LogP contribution in [0, 0.1) is 0 Å². The number of halogens is 1. The van der Waals surface area contributed by atoms with Crippen LogP contribution in [0.3, 0.4) is 0 Å². The molecule has 0 saturated carbocycles. The number of hydrogen-bond acceptors (Lipinski definition) is 2. The van der Waals surface area contributed by atoms with E-state index < -0.39 is 12.1 Å². The summed E-state index contributed by atoms with van der Waals surface area (Å²) < 4.78 is 4.81. The molecule has 4 heteroatoms. The minimum atomic E-state index is -0.965. The molecule has 1 aromatic carbocycles. The zero-order chi connectivity index (χ0) is 10.6. The zero-order valence-corrected chi connectivity index (χ0v) is 8.49. The number of carbonyl (C=O) groups is 1. The van der Waals surface area contributed by atoms with Crippen molar-refractivity contribution in [1.82, 2.24) is 0 Å². The second kappa shape index (κ2) is 4.98. The van der Waals surface area contributed by atoms with E-state index in [-0.39, 0.29) is 0 Å². The molecule has 0 saturated heterocycles. The molecule has 0 aliphatic rings. The fraction of sp³-hybridized carbons (Fsp3) is 0.300. The van der Waals surface area contributed by atoms with Crippen molar-refractivity contribution >= 4 is 17.6 Å². The lowest BCUT2D eigenvalue weighted by atomic mass is 10.1. The van der Waals surface area contributed by atoms with Gasteiger partial charge in [0, 0.05) is 18.6 Å². The Morgan fingerprint density at radius 2 is 2.36 bits per heavy atom. The van der Waals surface area contributed by atoms with Crippen molar-refractivity contribution in [3.63, 3.8) is 0 Å². The third kappa shape index (κ3) is 3.01. The average Bonchev–Trinajstić information content (AvgIpc) is 2.14. The van der Waals surface area contributed by atoms with Gasteiger partial charge < -0.3 is 9.84 Å². The third-order valence-corrected chi connectivity index (χ3v) is 2.11. The van der Waals surface area contributed by atoms with Crippen molar-refractivity contribution < 1.29 is 14.6 Å². The molecule has 3 nitrogen and oxygen atoms in total. The molecule has 1 N–H and O–H groups in total. The summed E-state index contributed by atoms with van der Waals surface area (Å²) in [5.74, 6) is -0.965. The van der Waals surface area contributed by atoms with Crippen LogP contribution in [0.4, 0.5) is 0 Å². The Morgan fingerprint density at radius 3 is 2.86 bits per heavy atom. The van der Waals surface area contributed by atoms with Crippen LogP contribution in [0.15, 0.2) is 24.3 Å². The summed E-state index contributed by atoms with van der Waals surface area (Å²) in [4.78, 5) is 10.7. The quantitative estimate of drug-likeness (QED) is 0.834. The number of aliphatic carboxylic acids is 1. The summed E-state index contributed by atoms with van der Waals surface area (Å²) >= 11 is 5.76. The summed E-state index contributed by atoms with van der Waals surface area (Å²) in [6.45, 7) is 0. The Labute approximate surface area is 87.3 Å². The standard InChI is InChI=1S/C10H11ClO3/c1-14-9(10(12)13)6-7-3-2-4-8(11)5-7/h2-5,9H,6H2,1H3,(H,12,13). The number of carboxylic acids is 1. The molecule has 0 spiro atoms. The van der Waals surface area contributed by atoms with E-state index in [1.165, 1.54) is 7.11 Å². The van der Waals surface area contributed by atoms with E-state index in [1.807, 2.05) is 6.07 Å². The molecular formula is C10H11ClO3. The van der Waals surface area contributed by atoms with Crippen molar-refractivity contribution in [2.24, 2.45) is 0 Å². The highest BCUT2D eigenvalue weighted by Gasteiger charge is 2.16. The monoisotopic (exact) mass is 214 g/mol. The van der Waals surface area contributed by atoms with Crippen molar-refractivity contribution in [2.75, 3.05) is 7.11 Å². The number of carboxylic acid groups (broad SMARTS) is 1. The zero-order valence-electron chi connectivity index (χ0n) is 7.74. The van der Waals surface area contributed by atoms with E-state index in [1.54, 1.807) is 18.2 Å². The minimum absolute atomic E-state index is 0.326. The fourth-order valence-corrected chi connectivity index (χ4v) is 1.36. The lowest BCUT2D eigenvalue weighted by Crippen LogP contribution is -2.24. The van der Waals surface area contributed by atoms with Gasteiger partial charge in [-0.2, -0.15) is 0 Å². The van der Waals surface area contributed by atoms with Gasteiger partial charge in [0.1, 0.15) is 0 Å². The Morgan fingerprint density at radius 1 is 1.64 bits per heavy atom. The predicted octanol–water partition coefficient (Wildman–Crippen LogP) is 1.98.